The van der Waals surface area contributed by atoms with E-state index in [0.29, 0.717) is 11.0 Å². The van der Waals surface area contributed by atoms with Crippen LogP contribution >= 0.6 is 12.2 Å². The van der Waals surface area contributed by atoms with Crippen LogP contribution in [0.1, 0.15) is 18.9 Å². The lowest BCUT2D eigenvalue weighted by Gasteiger charge is -2.37. The lowest BCUT2D eigenvalue weighted by atomic mass is 10.0. The van der Waals surface area contributed by atoms with Gasteiger partial charge in [-0.05, 0) is 49.7 Å². The first-order valence-corrected chi connectivity index (χ1v) is 7.80. The zero-order valence-corrected chi connectivity index (χ0v) is 13.3. The molecule has 7 heteroatoms. The number of anilines is 1. The average molecular weight is 342 g/mol. The van der Waals surface area contributed by atoms with Crippen molar-refractivity contribution in [3.05, 3.63) is 42.0 Å². The molecule has 1 aliphatic carbocycles. The standard InChI is InChI=1S/C16H17F3N2OS/c1-10-11-5-6-14(7-11)21(10)15(23)20(9-22)13-4-2-3-12(8-13)16(17,18)19/h2-6,8,10-11,14,22H,7,9H2,1H3/t10-,11?,14?/m0/s1. The smallest absolute Gasteiger partial charge is 0.376 e. The number of aliphatic hydroxyl groups excluding tert-OH is 1. The molecule has 0 aromatic heterocycles. The van der Waals surface area contributed by atoms with Crippen LogP contribution in [0.4, 0.5) is 18.9 Å². The van der Waals surface area contributed by atoms with Gasteiger partial charge < -0.3 is 10.0 Å². The second-order valence-corrected chi connectivity index (χ2v) is 6.26. The zero-order chi connectivity index (χ0) is 16.8. The largest absolute Gasteiger partial charge is 0.416 e. The minimum Gasteiger partial charge on any atom is -0.376 e. The first-order valence-electron chi connectivity index (χ1n) is 7.39. The fourth-order valence-corrected chi connectivity index (χ4v) is 3.80. The van der Waals surface area contributed by atoms with Gasteiger partial charge in [-0.15, -0.1) is 0 Å². The van der Waals surface area contributed by atoms with E-state index in [-0.39, 0.29) is 17.8 Å². The number of hydrogen-bond donors (Lipinski definition) is 1. The molecule has 1 heterocycles. The Balaban J connectivity index is 1.88. The van der Waals surface area contributed by atoms with Gasteiger partial charge in [-0.25, -0.2) is 0 Å². The van der Waals surface area contributed by atoms with Crippen LogP contribution in [0.3, 0.4) is 0 Å². The Labute approximate surface area is 138 Å². The highest BCUT2D eigenvalue weighted by Gasteiger charge is 2.42. The van der Waals surface area contributed by atoms with Crippen molar-refractivity contribution in [2.24, 2.45) is 5.92 Å². The quantitative estimate of drug-likeness (QED) is 0.506. The van der Waals surface area contributed by atoms with Crippen LogP contribution in [0.15, 0.2) is 36.4 Å². The van der Waals surface area contributed by atoms with Gasteiger partial charge in [-0.3, -0.25) is 4.90 Å². The molecule has 0 saturated carbocycles. The van der Waals surface area contributed by atoms with E-state index in [9.17, 15) is 18.3 Å². The number of fused-ring (bicyclic) bond motifs is 2. The summed E-state index contributed by atoms with van der Waals surface area (Å²) in [6.07, 6.45) is 0.755. The van der Waals surface area contributed by atoms with E-state index >= 15 is 0 Å². The third-order valence-electron chi connectivity index (χ3n) is 4.59. The number of likely N-dealkylation sites (tertiary alicyclic amines) is 1. The van der Waals surface area contributed by atoms with Crippen molar-refractivity contribution >= 4 is 23.0 Å². The summed E-state index contributed by atoms with van der Waals surface area (Å²) in [5, 5.41) is 10.0. The molecule has 1 N–H and O–H groups in total. The van der Waals surface area contributed by atoms with Crippen LogP contribution in [0.25, 0.3) is 0 Å². The van der Waals surface area contributed by atoms with Gasteiger partial charge in [0.2, 0.25) is 0 Å². The fraction of sp³-hybridized carbons (Fsp3) is 0.438. The third kappa shape index (κ3) is 2.83. The Morgan fingerprint density at radius 3 is 2.70 bits per heavy atom. The van der Waals surface area contributed by atoms with Crippen molar-refractivity contribution in [2.45, 2.75) is 31.6 Å². The molecule has 1 aromatic carbocycles. The Hall–Kier alpha value is -1.60. The maximum absolute atomic E-state index is 12.9. The lowest BCUT2D eigenvalue weighted by molar-refractivity contribution is -0.137. The lowest BCUT2D eigenvalue weighted by Crippen LogP contribution is -2.49. The SMILES string of the molecule is C[C@H]1C2C=CC(C2)N1C(=S)N(CO)c1cccc(C(F)(F)F)c1. The van der Waals surface area contributed by atoms with Crippen molar-refractivity contribution in [1.29, 1.82) is 0 Å². The van der Waals surface area contributed by atoms with E-state index in [0.717, 1.165) is 18.6 Å². The molecule has 2 aliphatic rings. The number of aliphatic hydroxyl groups is 1. The van der Waals surface area contributed by atoms with Gasteiger partial charge in [0.05, 0.1) is 11.6 Å². The van der Waals surface area contributed by atoms with Gasteiger partial charge in [0.25, 0.3) is 0 Å². The molecule has 0 spiro atoms. The van der Waals surface area contributed by atoms with Crippen LogP contribution in [0.2, 0.25) is 0 Å². The van der Waals surface area contributed by atoms with Gasteiger partial charge in [0, 0.05) is 11.7 Å². The van der Waals surface area contributed by atoms with Gasteiger partial charge in [0.1, 0.15) is 6.73 Å². The fourth-order valence-electron chi connectivity index (χ4n) is 3.34. The molecule has 2 bridgehead atoms. The van der Waals surface area contributed by atoms with Crippen molar-refractivity contribution in [3.8, 4) is 0 Å². The van der Waals surface area contributed by atoms with Gasteiger partial charge in [0.15, 0.2) is 5.11 Å². The minimum atomic E-state index is -4.43. The van der Waals surface area contributed by atoms with Crippen molar-refractivity contribution < 1.29 is 18.3 Å². The average Bonchev–Trinajstić information content (AvgIpc) is 3.08. The number of rotatable bonds is 2. The summed E-state index contributed by atoms with van der Waals surface area (Å²) < 4.78 is 38.7. The monoisotopic (exact) mass is 342 g/mol. The van der Waals surface area contributed by atoms with E-state index in [1.807, 2.05) is 11.8 Å². The van der Waals surface area contributed by atoms with Crippen molar-refractivity contribution in [3.63, 3.8) is 0 Å². The molecular formula is C16H17F3N2OS. The Bertz CT molecular complexity index is 646. The molecule has 3 nitrogen and oxygen atoms in total. The summed E-state index contributed by atoms with van der Waals surface area (Å²) in [5.74, 6) is 0.403. The number of halogens is 3. The number of alkyl halides is 3. The summed E-state index contributed by atoms with van der Waals surface area (Å²) in [4.78, 5) is 3.34. The highest BCUT2D eigenvalue weighted by Crippen LogP contribution is 2.38. The van der Waals surface area contributed by atoms with Crippen molar-refractivity contribution in [2.75, 3.05) is 11.6 Å². The van der Waals surface area contributed by atoms with Crippen LogP contribution in [-0.2, 0) is 6.18 Å². The molecule has 1 aromatic rings. The molecule has 2 unspecified atom stereocenters. The van der Waals surface area contributed by atoms with E-state index in [1.165, 1.54) is 17.0 Å². The molecule has 23 heavy (non-hydrogen) atoms. The summed E-state index contributed by atoms with van der Waals surface area (Å²) in [5.41, 5.74) is -0.515. The Morgan fingerprint density at radius 2 is 2.13 bits per heavy atom. The van der Waals surface area contributed by atoms with Crippen LogP contribution in [0, 0.1) is 5.92 Å². The van der Waals surface area contributed by atoms with E-state index in [4.69, 9.17) is 12.2 Å². The molecule has 1 fully saturated rings. The van der Waals surface area contributed by atoms with Gasteiger partial charge in [-0.1, -0.05) is 18.2 Å². The molecule has 3 rings (SSSR count). The topological polar surface area (TPSA) is 26.7 Å². The molecular weight excluding hydrogens is 325 g/mol. The summed E-state index contributed by atoms with van der Waals surface area (Å²) in [6, 6.07) is 5.19. The Morgan fingerprint density at radius 1 is 1.39 bits per heavy atom. The molecule has 1 saturated heterocycles. The number of nitrogens with zero attached hydrogens (tertiary/aromatic N) is 2. The van der Waals surface area contributed by atoms with E-state index in [2.05, 4.69) is 12.2 Å². The summed E-state index contributed by atoms with van der Waals surface area (Å²) in [6.45, 7) is 1.58. The third-order valence-corrected chi connectivity index (χ3v) is 5.02. The molecule has 0 amide bonds. The molecule has 124 valence electrons. The van der Waals surface area contributed by atoms with Crippen LogP contribution in [-0.4, -0.2) is 33.9 Å². The van der Waals surface area contributed by atoms with Crippen LogP contribution < -0.4 is 4.90 Å². The maximum Gasteiger partial charge on any atom is 0.416 e. The van der Waals surface area contributed by atoms with E-state index < -0.39 is 18.5 Å². The molecule has 0 radical (unpaired) electrons. The highest BCUT2D eigenvalue weighted by molar-refractivity contribution is 7.80. The highest BCUT2D eigenvalue weighted by atomic mass is 32.1. The van der Waals surface area contributed by atoms with Gasteiger partial charge in [-0.2, -0.15) is 13.2 Å². The predicted octanol–water partition coefficient (Wildman–Crippen LogP) is 3.40. The Kier molecular flexibility index (Phi) is 4.10. The van der Waals surface area contributed by atoms with Crippen LogP contribution in [0.5, 0.6) is 0 Å². The maximum atomic E-state index is 12.9. The number of thiocarbonyl (C=S) groups is 1. The van der Waals surface area contributed by atoms with E-state index in [1.54, 1.807) is 0 Å². The zero-order valence-electron chi connectivity index (χ0n) is 12.5. The molecule has 1 aliphatic heterocycles. The second kappa shape index (κ2) is 5.79. The second-order valence-electron chi connectivity index (χ2n) is 5.90. The summed E-state index contributed by atoms with van der Waals surface area (Å²) in [7, 11) is 0. The number of hydrogen-bond acceptors (Lipinski definition) is 2. The minimum absolute atomic E-state index is 0.155. The predicted molar refractivity (Wildman–Crippen MR) is 85.9 cm³/mol. The normalized spacial score (nSPS) is 26.0. The number of benzene rings is 1. The summed E-state index contributed by atoms with van der Waals surface area (Å²) >= 11 is 5.47. The first-order chi connectivity index (χ1) is 10.8. The van der Waals surface area contributed by atoms with Gasteiger partial charge >= 0.3 is 6.18 Å². The van der Waals surface area contributed by atoms with Crippen molar-refractivity contribution in [1.82, 2.24) is 4.90 Å². The molecule has 3 atom stereocenters. The first kappa shape index (κ1) is 16.3.